The highest BCUT2D eigenvalue weighted by molar-refractivity contribution is 5.92. The molecule has 2 fully saturated rings. The molecule has 2 heterocycles. The summed E-state index contributed by atoms with van der Waals surface area (Å²) in [5.74, 6) is 0.318. The molecule has 22 heavy (non-hydrogen) atoms. The number of hydrogen-bond acceptors (Lipinski definition) is 4. The Kier molecular flexibility index (Phi) is 3.90. The Morgan fingerprint density at radius 1 is 1.36 bits per heavy atom. The van der Waals surface area contributed by atoms with Crippen LogP contribution in [-0.4, -0.2) is 45.6 Å². The van der Waals surface area contributed by atoms with E-state index in [-0.39, 0.29) is 23.6 Å². The average molecular weight is 307 g/mol. The van der Waals surface area contributed by atoms with Crippen molar-refractivity contribution in [2.24, 2.45) is 11.3 Å². The number of aliphatic hydroxyl groups is 1. The highest BCUT2D eigenvalue weighted by Crippen LogP contribution is 2.44. The van der Waals surface area contributed by atoms with Gasteiger partial charge < -0.3 is 15.0 Å². The van der Waals surface area contributed by atoms with Crippen molar-refractivity contribution in [1.82, 2.24) is 14.9 Å². The molecular weight excluding hydrogens is 286 g/mol. The predicted octanol–water partition coefficient (Wildman–Crippen LogP) is 0.0780. The molecule has 1 aliphatic heterocycles. The molecule has 0 aromatic carbocycles. The normalized spacial score (nSPS) is 25.2. The SMILES string of the molecule is O=C(c1cc(=O)[nH]c(=O)[nH]1)N1CCC[C@](CO)(CC2CC2)C1. The maximum absolute atomic E-state index is 12.5. The van der Waals surface area contributed by atoms with Crippen molar-refractivity contribution in [2.75, 3.05) is 19.7 Å². The molecule has 1 amide bonds. The van der Waals surface area contributed by atoms with Gasteiger partial charge in [-0.1, -0.05) is 12.8 Å². The molecule has 0 radical (unpaired) electrons. The number of nitrogens with zero attached hydrogens (tertiary/aromatic N) is 1. The molecule has 0 unspecified atom stereocenters. The molecule has 120 valence electrons. The minimum atomic E-state index is -0.681. The van der Waals surface area contributed by atoms with Gasteiger partial charge in [0.15, 0.2) is 0 Å². The average Bonchev–Trinajstić information content (AvgIpc) is 3.29. The van der Waals surface area contributed by atoms with Crippen molar-refractivity contribution in [3.05, 3.63) is 32.6 Å². The maximum atomic E-state index is 12.5. The Bertz CT molecular complexity index is 648. The van der Waals surface area contributed by atoms with Crippen LogP contribution in [0.25, 0.3) is 0 Å². The summed E-state index contributed by atoms with van der Waals surface area (Å²) in [7, 11) is 0. The molecule has 7 heteroatoms. The van der Waals surface area contributed by atoms with E-state index in [0.717, 1.165) is 25.3 Å². The number of carbonyl (C=O) groups excluding carboxylic acids is 1. The smallest absolute Gasteiger partial charge is 0.326 e. The molecule has 0 bridgehead atoms. The van der Waals surface area contributed by atoms with Crippen LogP contribution >= 0.6 is 0 Å². The van der Waals surface area contributed by atoms with Crippen LogP contribution in [0.1, 0.15) is 42.6 Å². The summed E-state index contributed by atoms with van der Waals surface area (Å²) in [6.07, 6.45) is 5.09. The van der Waals surface area contributed by atoms with Gasteiger partial charge in [-0.25, -0.2) is 4.79 Å². The Hall–Kier alpha value is -1.89. The quantitative estimate of drug-likeness (QED) is 0.732. The van der Waals surface area contributed by atoms with E-state index >= 15 is 0 Å². The van der Waals surface area contributed by atoms with Gasteiger partial charge in [0.1, 0.15) is 5.69 Å². The number of carbonyl (C=O) groups is 1. The Labute approximate surface area is 127 Å². The van der Waals surface area contributed by atoms with E-state index in [1.165, 1.54) is 12.8 Å². The lowest BCUT2D eigenvalue weighted by molar-refractivity contribution is 0.0192. The van der Waals surface area contributed by atoms with Crippen molar-refractivity contribution in [2.45, 2.75) is 32.1 Å². The molecule has 1 aromatic heterocycles. The number of H-pyrrole nitrogens is 2. The molecule has 1 aliphatic carbocycles. The monoisotopic (exact) mass is 307 g/mol. The van der Waals surface area contributed by atoms with Crippen molar-refractivity contribution in [3.63, 3.8) is 0 Å². The minimum Gasteiger partial charge on any atom is -0.396 e. The van der Waals surface area contributed by atoms with Gasteiger partial charge in [0.05, 0.1) is 6.61 Å². The lowest BCUT2D eigenvalue weighted by atomic mass is 9.76. The number of rotatable bonds is 4. The van der Waals surface area contributed by atoms with Gasteiger partial charge >= 0.3 is 5.69 Å². The Morgan fingerprint density at radius 3 is 2.77 bits per heavy atom. The first kappa shape index (κ1) is 15.0. The van der Waals surface area contributed by atoms with Gasteiger partial charge in [-0.05, 0) is 25.2 Å². The van der Waals surface area contributed by atoms with E-state index in [0.29, 0.717) is 19.0 Å². The zero-order chi connectivity index (χ0) is 15.7. The van der Waals surface area contributed by atoms with Crippen LogP contribution in [0, 0.1) is 11.3 Å². The van der Waals surface area contributed by atoms with Gasteiger partial charge in [0.25, 0.3) is 11.5 Å². The third-order valence-corrected chi connectivity index (χ3v) is 4.69. The van der Waals surface area contributed by atoms with Crippen LogP contribution in [0.5, 0.6) is 0 Å². The first-order chi connectivity index (χ1) is 10.5. The number of amides is 1. The molecule has 7 nitrogen and oxygen atoms in total. The topological polar surface area (TPSA) is 106 Å². The molecule has 2 aliphatic rings. The van der Waals surface area contributed by atoms with Crippen LogP contribution < -0.4 is 11.2 Å². The van der Waals surface area contributed by atoms with E-state index in [1.54, 1.807) is 4.90 Å². The van der Waals surface area contributed by atoms with Gasteiger partial charge in [0, 0.05) is 24.6 Å². The van der Waals surface area contributed by atoms with Crippen LogP contribution in [0.4, 0.5) is 0 Å². The lowest BCUT2D eigenvalue weighted by Crippen LogP contribution is -2.48. The standard InChI is InChI=1S/C15H21N3O4/c19-9-15(7-10-2-3-10)4-1-5-18(8-15)13(21)11-6-12(20)17-14(22)16-11/h6,10,19H,1-5,7-9H2,(H2,16,17,20,22)/t15-/m0/s1. The van der Waals surface area contributed by atoms with E-state index in [9.17, 15) is 19.5 Å². The highest BCUT2D eigenvalue weighted by atomic mass is 16.3. The highest BCUT2D eigenvalue weighted by Gasteiger charge is 2.41. The van der Waals surface area contributed by atoms with Gasteiger partial charge in [0.2, 0.25) is 0 Å². The zero-order valence-corrected chi connectivity index (χ0v) is 12.4. The molecule has 1 aromatic rings. The van der Waals surface area contributed by atoms with Crippen molar-refractivity contribution >= 4 is 5.91 Å². The second-order valence-electron chi connectivity index (χ2n) is 6.64. The minimum absolute atomic E-state index is 0.00825. The van der Waals surface area contributed by atoms with Crippen LogP contribution in [0.2, 0.25) is 0 Å². The molecule has 0 spiro atoms. The number of likely N-dealkylation sites (tertiary alicyclic amines) is 1. The number of aromatic amines is 2. The molecule has 1 atom stereocenters. The van der Waals surface area contributed by atoms with Crippen LogP contribution in [-0.2, 0) is 0 Å². The Morgan fingerprint density at radius 2 is 2.14 bits per heavy atom. The number of hydrogen-bond donors (Lipinski definition) is 3. The summed E-state index contributed by atoms with van der Waals surface area (Å²) in [6.45, 7) is 1.13. The molecule has 1 saturated heterocycles. The summed E-state index contributed by atoms with van der Waals surface area (Å²) in [5.41, 5.74) is -1.50. The summed E-state index contributed by atoms with van der Waals surface area (Å²) < 4.78 is 0. The third-order valence-electron chi connectivity index (χ3n) is 4.69. The third kappa shape index (κ3) is 3.14. The molecular formula is C15H21N3O4. The van der Waals surface area contributed by atoms with E-state index in [2.05, 4.69) is 9.97 Å². The fraction of sp³-hybridized carbons (Fsp3) is 0.667. The maximum Gasteiger partial charge on any atom is 0.326 e. The van der Waals surface area contributed by atoms with Crippen LogP contribution in [0.15, 0.2) is 15.7 Å². The number of aliphatic hydroxyl groups excluding tert-OH is 1. The summed E-state index contributed by atoms with van der Waals surface area (Å²) in [4.78, 5) is 41.3. The summed E-state index contributed by atoms with van der Waals surface area (Å²) >= 11 is 0. The summed E-state index contributed by atoms with van der Waals surface area (Å²) in [5, 5.41) is 9.83. The molecule has 1 saturated carbocycles. The first-order valence-corrected chi connectivity index (χ1v) is 7.75. The second-order valence-corrected chi connectivity index (χ2v) is 6.64. The van der Waals surface area contributed by atoms with Gasteiger partial charge in [-0.2, -0.15) is 0 Å². The first-order valence-electron chi connectivity index (χ1n) is 7.75. The van der Waals surface area contributed by atoms with E-state index < -0.39 is 11.2 Å². The molecule has 3 rings (SSSR count). The Balaban J connectivity index is 1.79. The van der Waals surface area contributed by atoms with Crippen LogP contribution in [0.3, 0.4) is 0 Å². The van der Waals surface area contributed by atoms with Crippen molar-refractivity contribution < 1.29 is 9.90 Å². The van der Waals surface area contributed by atoms with Crippen molar-refractivity contribution in [3.8, 4) is 0 Å². The fourth-order valence-corrected chi connectivity index (χ4v) is 3.43. The van der Waals surface area contributed by atoms with E-state index in [1.807, 2.05) is 0 Å². The predicted molar refractivity (Wildman–Crippen MR) is 79.7 cm³/mol. The zero-order valence-electron chi connectivity index (χ0n) is 12.4. The van der Waals surface area contributed by atoms with Crippen molar-refractivity contribution in [1.29, 1.82) is 0 Å². The van der Waals surface area contributed by atoms with Gasteiger partial charge in [-0.15, -0.1) is 0 Å². The summed E-state index contributed by atoms with van der Waals surface area (Å²) in [6, 6.07) is 1.11. The fourth-order valence-electron chi connectivity index (χ4n) is 3.43. The largest absolute Gasteiger partial charge is 0.396 e. The molecule has 3 N–H and O–H groups in total. The lowest BCUT2D eigenvalue weighted by Gasteiger charge is -2.42. The van der Waals surface area contributed by atoms with E-state index in [4.69, 9.17) is 0 Å². The number of aromatic nitrogens is 2. The second kappa shape index (κ2) is 5.72. The van der Waals surface area contributed by atoms with Gasteiger partial charge in [-0.3, -0.25) is 14.6 Å². The number of nitrogens with one attached hydrogen (secondary N) is 2. The number of piperidine rings is 1.